The Morgan fingerprint density at radius 1 is 1.07 bits per heavy atom. The van der Waals surface area contributed by atoms with Crippen molar-refractivity contribution in [3.63, 3.8) is 0 Å². The Kier molecular flexibility index (Phi) is 5.93. The zero-order valence-corrected chi connectivity index (χ0v) is 17.6. The highest BCUT2D eigenvalue weighted by Crippen LogP contribution is 2.33. The molecular weight excluding hydrogens is 380 g/mol. The molecule has 2 aliphatic rings. The van der Waals surface area contributed by atoms with Crippen molar-refractivity contribution in [3.8, 4) is 11.5 Å². The summed E-state index contributed by atoms with van der Waals surface area (Å²) in [5.74, 6) is 0.659. The summed E-state index contributed by atoms with van der Waals surface area (Å²) in [6.07, 6.45) is 3.54. The summed E-state index contributed by atoms with van der Waals surface area (Å²) in [6.45, 7) is 5.22. The number of fused-ring (bicyclic) bond motifs is 1. The lowest BCUT2D eigenvalue weighted by Crippen LogP contribution is -2.28. The molecule has 1 aliphatic heterocycles. The Bertz CT molecular complexity index is 956. The van der Waals surface area contributed by atoms with Crippen LogP contribution in [-0.4, -0.2) is 31.6 Å². The number of hydrogen-bond acceptors (Lipinski definition) is 4. The molecule has 158 valence electrons. The van der Waals surface area contributed by atoms with E-state index in [-0.39, 0.29) is 18.2 Å². The minimum absolute atomic E-state index is 0.0128. The molecule has 1 heterocycles. The fourth-order valence-electron chi connectivity index (χ4n) is 4.24. The monoisotopic (exact) mass is 408 g/mol. The predicted octanol–water partition coefficient (Wildman–Crippen LogP) is 3.96. The molecule has 0 radical (unpaired) electrons. The molecule has 0 spiro atoms. The molecule has 1 atom stereocenters. The SMILES string of the molecule is CCOc1ccc(OCC)c(NC(=O)C2CC(=O)N(c3ccc4c(c3)CCC4)C2)c1. The van der Waals surface area contributed by atoms with Crippen molar-refractivity contribution in [1.29, 1.82) is 0 Å². The Balaban J connectivity index is 1.48. The molecular formula is C24H28N2O4. The lowest BCUT2D eigenvalue weighted by molar-refractivity contribution is -0.122. The highest BCUT2D eigenvalue weighted by molar-refractivity contribution is 6.04. The summed E-state index contributed by atoms with van der Waals surface area (Å²) in [5.41, 5.74) is 4.15. The minimum atomic E-state index is -0.406. The topological polar surface area (TPSA) is 67.9 Å². The summed E-state index contributed by atoms with van der Waals surface area (Å²) in [5, 5.41) is 2.95. The van der Waals surface area contributed by atoms with Gasteiger partial charge in [-0.3, -0.25) is 9.59 Å². The molecule has 4 rings (SSSR count). The first kappa shape index (κ1) is 20.3. The van der Waals surface area contributed by atoms with Crippen LogP contribution >= 0.6 is 0 Å². The van der Waals surface area contributed by atoms with Crippen molar-refractivity contribution >= 4 is 23.2 Å². The molecule has 6 nitrogen and oxygen atoms in total. The second kappa shape index (κ2) is 8.78. The van der Waals surface area contributed by atoms with Crippen LogP contribution in [0.2, 0.25) is 0 Å². The van der Waals surface area contributed by atoms with Gasteiger partial charge in [0.05, 0.1) is 24.8 Å². The lowest BCUT2D eigenvalue weighted by atomic mass is 10.1. The summed E-state index contributed by atoms with van der Waals surface area (Å²) in [6, 6.07) is 11.6. The van der Waals surface area contributed by atoms with Crippen LogP contribution in [0.15, 0.2) is 36.4 Å². The van der Waals surface area contributed by atoms with Gasteiger partial charge < -0.3 is 19.7 Å². The third kappa shape index (κ3) is 4.13. The number of nitrogens with one attached hydrogen (secondary N) is 1. The van der Waals surface area contributed by atoms with Gasteiger partial charge in [-0.25, -0.2) is 0 Å². The van der Waals surface area contributed by atoms with Crippen LogP contribution in [0.4, 0.5) is 11.4 Å². The van der Waals surface area contributed by atoms with Crippen LogP contribution in [0, 0.1) is 5.92 Å². The van der Waals surface area contributed by atoms with E-state index in [1.54, 1.807) is 17.0 Å². The summed E-state index contributed by atoms with van der Waals surface area (Å²) in [4.78, 5) is 27.4. The normalized spacial score (nSPS) is 17.7. The number of ether oxygens (including phenoxy) is 2. The van der Waals surface area contributed by atoms with Gasteiger partial charge in [0.25, 0.3) is 0 Å². The van der Waals surface area contributed by atoms with Gasteiger partial charge in [-0.15, -0.1) is 0 Å². The van der Waals surface area contributed by atoms with Crippen molar-refractivity contribution in [2.24, 2.45) is 5.92 Å². The van der Waals surface area contributed by atoms with E-state index in [4.69, 9.17) is 9.47 Å². The molecule has 2 aromatic rings. The molecule has 2 aromatic carbocycles. The molecule has 1 N–H and O–H groups in total. The van der Waals surface area contributed by atoms with Crippen molar-refractivity contribution in [2.75, 3.05) is 30.0 Å². The molecule has 0 saturated carbocycles. The van der Waals surface area contributed by atoms with Crippen molar-refractivity contribution in [1.82, 2.24) is 0 Å². The van der Waals surface area contributed by atoms with E-state index in [0.717, 1.165) is 18.5 Å². The van der Waals surface area contributed by atoms with Crippen molar-refractivity contribution in [2.45, 2.75) is 39.5 Å². The van der Waals surface area contributed by atoms with Gasteiger partial charge in [0.1, 0.15) is 11.5 Å². The average molecular weight is 408 g/mol. The molecule has 1 fully saturated rings. The number of carbonyl (C=O) groups is 2. The van der Waals surface area contributed by atoms with Gasteiger partial charge in [-0.05, 0) is 68.5 Å². The van der Waals surface area contributed by atoms with E-state index in [1.807, 2.05) is 26.0 Å². The van der Waals surface area contributed by atoms with Crippen molar-refractivity contribution in [3.05, 3.63) is 47.5 Å². The van der Waals surface area contributed by atoms with Crippen molar-refractivity contribution < 1.29 is 19.1 Å². The van der Waals surface area contributed by atoms with E-state index in [9.17, 15) is 9.59 Å². The largest absolute Gasteiger partial charge is 0.494 e. The maximum Gasteiger partial charge on any atom is 0.229 e. The highest BCUT2D eigenvalue weighted by atomic mass is 16.5. The van der Waals surface area contributed by atoms with Gasteiger partial charge in [-0.2, -0.15) is 0 Å². The summed E-state index contributed by atoms with van der Waals surface area (Å²) in [7, 11) is 0. The second-order valence-electron chi connectivity index (χ2n) is 7.73. The quantitative estimate of drug-likeness (QED) is 0.753. The smallest absolute Gasteiger partial charge is 0.229 e. The lowest BCUT2D eigenvalue weighted by Gasteiger charge is -2.18. The van der Waals surface area contributed by atoms with Crippen LogP contribution in [0.5, 0.6) is 11.5 Å². The molecule has 0 bridgehead atoms. The Hall–Kier alpha value is -3.02. The average Bonchev–Trinajstić information content (AvgIpc) is 3.36. The highest BCUT2D eigenvalue weighted by Gasteiger charge is 2.35. The minimum Gasteiger partial charge on any atom is -0.494 e. The fourth-order valence-corrected chi connectivity index (χ4v) is 4.24. The van der Waals surface area contributed by atoms with Crippen LogP contribution in [-0.2, 0) is 22.4 Å². The van der Waals surface area contributed by atoms with Gasteiger partial charge in [0.15, 0.2) is 0 Å². The van der Waals surface area contributed by atoms with E-state index >= 15 is 0 Å². The maximum absolute atomic E-state index is 13.0. The summed E-state index contributed by atoms with van der Waals surface area (Å²) < 4.78 is 11.2. The second-order valence-corrected chi connectivity index (χ2v) is 7.73. The van der Waals surface area contributed by atoms with Gasteiger partial charge in [0, 0.05) is 24.7 Å². The van der Waals surface area contributed by atoms with Crippen LogP contribution < -0.4 is 19.7 Å². The molecule has 6 heteroatoms. The zero-order valence-electron chi connectivity index (χ0n) is 17.6. The van der Waals surface area contributed by atoms with Gasteiger partial charge >= 0.3 is 0 Å². The zero-order chi connectivity index (χ0) is 21.1. The Labute approximate surface area is 177 Å². The first-order chi connectivity index (χ1) is 14.6. The number of amides is 2. The molecule has 1 unspecified atom stereocenters. The standard InChI is InChI=1S/C24H28N2O4/c1-3-29-20-10-11-22(30-4-2)21(14-20)25-24(28)18-13-23(27)26(15-18)19-9-8-16-6-5-7-17(16)12-19/h8-12,14,18H,3-7,13,15H2,1-2H3,(H,25,28). The fraction of sp³-hybridized carbons (Fsp3) is 0.417. The molecule has 1 aliphatic carbocycles. The van der Waals surface area contributed by atoms with Crippen LogP contribution in [0.3, 0.4) is 0 Å². The number of hydrogen-bond donors (Lipinski definition) is 1. The van der Waals surface area contributed by atoms with E-state index in [2.05, 4.69) is 17.4 Å². The summed E-state index contributed by atoms with van der Waals surface area (Å²) >= 11 is 0. The van der Waals surface area contributed by atoms with Gasteiger partial charge in [0.2, 0.25) is 11.8 Å². The number of benzene rings is 2. The number of rotatable bonds is 7. The molecule has 0 aromatic heterocycles. The number of carbonyl (C=O) groups excluding carboxylic acids is 2. The van der Waals surface area contributed by atoms with E-state index in [1.165, 1.54) is 17.5 Å². The first-order valence-electron chi connectivity index (χ1n) is 10.7. The van der Waals surface area contributed by atoms with Gasteiger partial charge in [-0.1, -0.05) is 6.07 Å². The number of nitrogens with zero attached hydrogens (tertiary/aromatic N) is 1. The predicted molar refractivity (Wildman–Crippen MR) is 116 cm³/mol. The Morgan fingerprint density at radius 3 is 2.67 bits per heavy atom. The molecule has 1 saturated heterocycles. The van der Waals surface area contributed by atoms with Crippen LogP contribution in [0.25, 0.3) is 0 Å². The molecule has 30 heavy (non-hydrogen) atoms. The van der Waals surface area contributed by atoms with E-state index in [0.29, 0.717) is 36.9 Å². The third-order valence-corrected chi connectivity index (χ3v) is 5.71. The Morgan fingerprint density at radius 2 is 1.87 bits per heavy atom. The van der Waals surface area contributed by atoms with E-state index < -0.39 is 5.92 Å². The maximum atomic E-state index is 13.0. The third-order valence-electron chi connectivity index (χ3n) is 5.71. The number of anilines is 2. The van der Waals surface area contributed by atoms with Crippen LogP contribution in [0.1, 0.15) is 37.8 Å². The first-order valence-corrected chi connectivity index (χ1v) is 10.7. The molecule has 2 amide bonds. The number of aryl methyl sites for hydroxylation is 2.